The SMILES string of the molecule is FC(C(F)(Br)Br)C(F)(Br)Br. The van der Waals surface area contributed by atoms with Gasteiger partial charge in [0.05, 0.1) is 0 Å². The van der Waals surface area contributed by atoms with Crippen LogP contribution in [-0.2, 0) is 0 Å². The number of hydrogen-bond donors (Lipinski definition) is 0. The van der Waals surface area contributed by atoms with Crippen LogP contribution in [-0.4, -0.2) is 13.1 Å². The predicted molar refractivity (Wildman–Crippen MR) is 48.3 cm³/mol. The number of hydrogen-bond acceptors (Lipinski definition) is 0. The van der Waals surface area contributed by atoms with Crippen LogP contribution in [0.5, 0.6) is 0 Å². The van der Waals surface area contributed by atoms with Gasteiger partial charge < -0.3 is 0 Å². The monoisotopic (exact) mass is 410 g/mol. The van der Waals surface area contributed by atoms with Crippen LogP contribution in [0.15, 0.2) is 0 Å². The Kier molecular flexibility index (Phi) is 4.23. The fraction of sp³-hybridized carbons (Fsp3) is 1.00. The van der Waals surface area contributed by atoms with E-state index in [2.05, 4.69) is 63.7 Å². The van der Waals surface area contributed by atoms with Crippen molar-refractivity contribution in [2.45, 2.75) is 13.1 Å². The molecule has 0 N–H and O–H groups in total. The maximum absolute atomic E-state index is 12.5. The summed E-state index contributed by atoms with van der Waals surface area (Å²) in [5, 5.41) is 0. The average Bonchev–Trinajstić information content (AvgIpc) is 1.59. The lowest BCUT2D eigenvalue weighted by molar-refractivity contribution is 0.153. The summed E-state index contributed by atoms with van der Waals surface area (Å²) in [5.41, 5.74) is 0. The highest BCUT2D eigenvalue weighted by atomic mass is 79.9. The van der Waals surface area contributed by atoms with Crippen molar-refractivity contribution < 1.29 is 13.2 Å². The summed E-state index contributed by atoms with van der Waals surface area (Å²) in [6, 6.07) is 0. The molecular weight excluding hydrogens is 413 g/mol. The zero-order valence-corrected chi connectivity index (χ0v) is 10.6. The molecule has 10 heavy (non-hydrogen) atoms. The van der Waals surface area contributed by atoms with Crippen molar-refractivity contribution in [2.24, 2.45) is 0 Å². The van der Waals surface area contributed by atoms with E-state index < -0.39 is 13.1 Å². The highest BCUT2D eigenvalue weighted by molar-refractivity contribution is 9.26. The van der Waals surface area contributed by atoms with Crippen LogP contribution in [0.4, 0.5) is 13.2 Å². The number of halogens is 7. The van der Waals surface area contributed by atoms with Crippen LogP contribution in [0.1, 0.15) is 0 Å². The lowest BCUT2D eigenvalue weighted by atomic mass is 10.5. The highest BCUT2D eigenvalue weighted by Crippen LogP contribution is 2.46. The van der Waals surface area contributed by atoms with Gasteiger partial charge >= 0.3 is 0 Å². The third kappa shape index (κ3) is 3.92. The Balaban J connectivity index is 4.23. The van der Waals surface area contributed by atoms with Gasteiger partial charge in [0.15, 0.2) is 0 Å². The van der Waals surface area contributed by atoms with E-state index >= 15 is 0 Å². The first-order valence-electron chi connectivity index (χ1n) is 1.93. The second-order valence-electron chi connectivity index (χ2n) is 1.45. The summed E-state index contributed by atoms with van der Waals surface area (Å²) >= 11 is 9.02. The third-order valence-corrected chi connectivity index (χ3v) is 2.18. The first-order chi connectivity index (χ1) is 4.15. The average molecular weight is 414 g/mol. The van der Waals surface area contributed by atoms with Crippen LogP contribution in [0, 0.1) is 0 Å². The summed E-state index contributed by atoms with van der Waals surface area (Å²) in [6.45, 7) is 0. The summed E-state index contributed by atoms with van der Waals surface area (Å²) in [7, 11) is 0. The van der Waals surface area contributed by atoms with Crippen molar-refractivity contribution in [3.63, 3.8) is 0 Å². The van der Waals surface area contributed by atoms with Crippen molar-refractivity contribution in [2.75, 3.05) is 0 Å². The Labute approximate surface area is 89.4 Å². The van der Waals surface area contributed by atoms with E-state index in [0.29, 0.717) is 0 Å². The Morgan fingerprint density at radius 2 is 1.10 bits per heavy atom. The third-order valence-electron chi connectivity index (χ3n) is 0.575. The maximum atomic E-state index is 12.5. The Hall–Kier alpha value is 1.71. The molecule has 0 saturated heterocycles. The van der Waals surface area contributed by atoms with Gasteiger partial charge in [0.1, 0.15) is 0 Å². The van der Waals surface area contributed by atoms with E-state index in [9.17, 15) is 13.2 Å². The number of alkyl halides is 7. The molecule has 0 saturated carbocycles. The molecule has 0 aliphatic heterocycles. The molecule has 0 unspecified atom stereocenters. The summed E-state index contributed by atoms with van der Waals surface area (Å²) in [6.07, 6.45) is -2.40. The van der Waals surface area contributed by atoms with Crippen LogP contribution < -0.4 is 0 Å². The first-order valence-corrected chi connectivity index (χ1v) is 5.10. The van der Waals surface area contributed by atoms with E-state index in [-0.39, 0.29) is 0 Å². The van der Waals surface area contributed by atoms with Gasteiger partial charge in [-0.3, -0.25) is 0 Å². The lowest BCUT2D eigenvalue weighted by Gasteiger charge is -2.21. The van der Waals surface area contributed by atoms with E-state index in [4.69, 9.17) is 0 Å². The molecule has 0 amide bonds. The van der Waals surface area contributed by atoms with E-state index in [1.54, 1.807) is 0 Å². The Morgan fingerprint density at radius 3 is 1.10 bits per heavy atom. The van der Waals surface area contributed by atoms with Gasteiger partial charge in [-0.05, 0) is 63.7 Å². The van der Waals surface area contributed by atoms with Gasteiger partial charge in [-0.2, -0.15) is 0 Å². The quantitative estimate of drug-likeness (QED) is 0.597. The largest absolute Gasteiger partial charge is 0.254 e. The molecule has 0 aromatic heterocycles. The predicted octanol–water partition coefficient (Wildman–Crippen LogP) is 4.15. The minimum atomic E-state index is -2.57. The topological polar surface area (TPSA) is 0 Å². The molecule has 0 fully saturated rings. The van der Waals surface area contributed by atoms with Gasteiger partial charge in [0.2, 0.25) is 6.17 Å². The van der Waals surface area contributed by atoms with Gasteiger partial charge in [0.25, 0.3) is 6.97 Å². The van der Waals surface area contributed by atoms with Gasteiger partial charge in [-0.25, -0.2) is 13.2 Å². The molecule has 0 aliphatic rings. The van der Waals surface area contributed by atoms with E-state index in [1.807, 2.05) is 0 Å². The second-order valence-corrected chi connectivity index (χ2v) is 8.19. The van der Waals surface area contributed by atoms with Crippen LogP contribution in [0.2, 0.25) is 0 Å². The van der Waals surface area contributed by atoms with E-state index in [0.717, 1.165) is 0 Å². The molecule has 0 atom stereocenters. The molecular formula is C3HBr4F3. The summed E-state index contributed by atoms with van der Waals surface area (Å²) in [5.74, 6) is 0. The minimum Gasteiger partial charge on any atom is -0.236 e. The molecule has 0 bridgehead atoms. The zero-order valence-electron chi connectivity index (χ0n) is 4.22. The summed E-state index contributed by atoms with van der Waals surface area (Å²) < 4.78 is 32.2. The number of rotatable bonds is 2. The molecule has 0 aromatic carbocycles. The van der Waals surface area contributed by atoms with Crippen molar-refractivity contribution in [3.05, 3.63) is 0 Å². The van der Waals surface area contributed by atoms with Crippen LogP contribution in [0.3, 0.4) is 0 Å². The smallest absolute Gasteiger partial charge is 0.236 e. The van der Waals surface area contributed by atoms with E-state index in [1.165, 1.54) is 0 Å². The molecule has 0 heterocycles. The maximum Gasteiger partial charge on any atom is 0.254 e. The van der Waals surface area contributed by atoms with Crippen molar-refractivity contribution >= 4 is 63.7 Å². The Bertz CT molecular complexity index is 99.9. The molecule has 0 nitrogen and oxygen atoms in total. The lowest BCUT2D eigenvalue weighted by Crippen LogP contribution is -2.33. The standard InChI is InChI=1S/C3HBr4F3/c4-2(5,9)1(8)3(6,7)10/h1H. The summed E-state index contributed by atoms with van der Waals surface area (Å²) in [4.78, 5) is 0. The van der Waals surface area contributed by atoms with Crippen LogP contribution in [0.25, 0.3) is 0 Å². The van der Waals surface area contributed by atoms with Crippen molar-refractivity contribution in [1.29, 1.82) is 0 Å². The molecule has 0 spiro atoms. The molecule has 0 aliphatic carbocycles. The fourth-order valence-electron chi connectivity index (χ4n) is 0.186. The van der Waals surface area contributed by atoms with Gasteiger partial charge in [-0.1, -0.05) is 0 Å². The second kappa shape index (κ2) is 3.62. The first kappa shape index (κ1) is 11.7. The highest BCUT2D eigenvalue weighted by Gasteiger charge is 2.48. The minimum absolute atomic E-state index is 2.25. The van der Waals surface area contributed by atoms with Gasteiger partial charge in [-0.15, -0.1) is 0 Å². The molecule has 0 radical (unpaired) electrons. The Morgan fingerprint density at radius 1 is 0.900 bits per heavy atom. The van der Waals surface area contributed by atoms with Gasteiger partial charge in [0, 0.05) is 0 Å². The van der Waals surface area contributed by atoms with Crippen LogP contribution >= 0.6 is 63.7 Å². The zero-order chi connectivity index (χ0) is 8.58. The molecule has 7 heteroatoms. The molecule has 0 rings (SSSR count). The fourth-order valence-corrected chi connectivity index (χ4v) is 2.68. The van der Waals surface area contributed by atoms with Crippen molar-refractivity contribution in [1.82, 2.24) is 0 Å². The molecule has 62 valence electrons. The van der Waals surface area contributed by atoms with Crippen molar-refractivity contribution in [3.8, 4) is 0 Å². The normalized spacial score (nSPS) is 14.4. The molecule has 0 aromatic rings.